The zero-order valence-corrected chi connectivity index (χ0v) is 4.83. The minimum absolute atomic E-state index is 0.114. The van der Waals surface area contributed by atoms with Gasteiger partial charge in [0.2, 0.25) is 0 Å². The molecule has 0 aromatic rings. The van der Waals surface area contributed by atoms with Crippen LogP contribution in [0.15, 0.2) is 0 Å². The summed E-state index contributed by atoms with van der Waals surface area (Å²) in [7, 11) is 0. The van der Waals surface area contributed by atoms with Crippen LogP contribution in [0.25, 0.3) is 0 Å². The van der Waals surface area contributed by atoms with E-state index < -0.39 is 6.16 Å². The molecule has 0 aromatic carbocycles. The van der Waals surface area contributed by atoms with Gasteiger partial charge in [-0.2, -0.15) is 5.26 Å². The van der Waals surface area contributed by atoms with Gasteiger partial charge in [-0.3, -0.25) is 0 Å². The molecule has 50 valence electrons. The molecule has 0 unspecified atom stereocenters. The summed E-state index contributed by atoms with van der Waals surface area (Å²) >= 11 is 0. The molecule has 0 atom stereocenters. The lowest BCUT2D eigenvalue weighted by atomic mass is 10.4. The van der Waals surface area contributed by atoms with Crippen molar-refractivity contribution in [3.8, 4) is 6.07 Å². The molecule has 4 nitrogen and oxygen atoms in total. The van der Waals surface area contributed by atoms with E-state index in [0.717, 1.165) is 0 Å². The number of rotatable bonds is 3. The largest absolute Gasteiger partial charge is 0.505 e. The van der Waals surface area contributed by atoms with Crippen molar-refractivity contribution in [2.75, 3.05) is 6.61 Å². The van der Waals surface area contributed by atoms with E-state index in [2.05, 4.69) is 4.74 Å². The standard InChI is InChI=1S/C5H7NO3/c6-3-1-2-4-9-5(7)8/h1-2,4H2,(H,7,8). The molecule has 1 N–H and O–H groups in total. The first kappa shape index (κ1) is 7.76. The molecule has 0 aliphatic heterocycles. The fraction of sp³-hybridized carbons (Fsp3) is 0.600. The van der Waals surface area contributed by atoms with Crippen LogP contribution in [0.5, 0.6) is 0 Å². The van der Waals surface area contributed by atoms with Crippen molar-refractivity contribution in [1.29, 1.82) is 5.26 Å². The molecule has 0 aliphatic rings. The smallest absolute Gasteiger partial charge is 0.450 e. The van der Waals surface area contributed by atoms with E-state index in [1.807, 2.05) is 6.07 Å². The van der Waals surface area contributed by atoms with Crippen molar-refractivity contribution >= 4 is 6.16 Å². The van der Waals surface area contributed by atoms with Crippen molar-refractivity contribution in [1.82, 2.24) is 0 Å². The first-order chi connectivity index (χ1) is 4.27. The van der Waals surface area contributed by atoms with Crippen molar-refractivity contribution in [2.24, 2.45) is 0 Å². The minimum atomic E-state index is -1.28. The third kappa shape index (κ3) is 6.76. The third-order valence-electron chi connectivity index (χ3n) is 0.658. The zero-order chi connectivity index (χ0) is 7.11. The maximum Gasteiger partial charge on any atom is 0.505 e. The van der Waals surface area contributed by atoms with Crippen LogP contribution in [0.2, 0.25) is 0 Å². The molecular formula is C5H7NO3. The van der Waals surface area contributed by atoms with Gasteiger partial charge in [-0.1, -0.05) is 0 Å². The summed E-state index contributed by atoms with van der Waals surface area (Å²) in [5.74, 6) is 0. The van der Waals surface area contributed by atoms with E-state index in [1.165, 1.54) is 0 Å². The number of nitrogens with zero attached hydrogens (tertiary/aromatic N) is 1. The van der Waals surface area contributed by atoms with Gasteiger partial charge in [0.1, 0.15) is 0 Å². The summed E-state index contributed by atoms with van der Waals surface area (Å²) in [5, 5.41) is 15.9. The van der Waals surface area contributed by atoms with Gasteiger partial charge in [-0.15, -0.1) is 0 Å². The Morgan fingerprint density at radius 1 is 1.78 bits per heavy atom. The van der Waals surface area contributed by atoms with Crippen LogP contribution >= 0.6 is 0 Å². The van der Waals surface area contributed by atoms with Crippen molar-refractivity contribution in [2.45, 2.75) is 12.8 Å². The highest BCUT2D eigenvalue weighted by molar-refractivity contribution is 5.56. The number of ether oxygens (including phenoxy) is 1. The van der Waals surface area contributed by atoms with Crippen LogP contribution in [-0.4, -0.2) is 17.9 Å². The Kier molecular flexibility index (Phi) is 4.23. The number of carboxylic acid groups (broad SMARTS) is 1. The summed E-state index contributed by atoms with van der Waals surface area (Å²) < 4.78 is 4.11. The summed E-state index contributed by atoms with van der Waals surface area (Å²) in [6.07, 6.45) is -0.469. The van der Waals surface area contributed by atoms with E-state index in [9.17, 15) is 4.79 Å². The quantitative estimate of drug-likeness (QED) is 0.455. The lowest BCUT2D eigenvalue weighted by Crippen LogP contribution is -2.00. The van der Waals surface area contributed by atoms with E-state index in [-0.39, 0.29) is 6.61 Å². The number of nitriles is 1. The molecule has 0 rings (SSSR count). The summed E-state index contributed by atoms with van der Waals surface area (Å²) in [6.45, 7) is 0.114. The predicted molar refractivity (Wildman–Crippen MR) is 28.8 cm³/mol. The number of unbranched alkanes of at least 4 members (excludes halogenated alkanes) is 1. The van der Waals surface area contributed by atoms with Gasteiger partial charge in [0, 0.05) is 6.42 Å². The Labute approximate surface area is 52.7 Å². The Morgan fingerprint density at radius 3 is 2.89 bits per heavy atom. The Hall–Kier alpha value is -1.24. The fourth-order valence-corrected chi connectivity index (χ4v) is 0.311. The van der Waals surface area contributed by atoms with Gasteiger partial charge in [0.25, 0.3) is 0 Å². The number of carbonyl (C=O) groups is 1. The first-order valence-electron chi connectivity index (χ1n) is 2.50. The lowest BCUT2D eigenvalue weighted by Gasteiger charge is -1.93. The predicted octanol–water partition coefficient (Wildman–Crippen LogP) is 0.985. The van der Waals surface area contributed by atoms with Crippen LogP contribution in [0.1, 0.15) is 12.8 Å². The molecule has 0 spiro atoms. The highest BCUT2D eigenvalue weighted by Crippen LogP contribution is 1.87. The second-order valence-electron chi connectivity index (χ2n) is 1.38. The van der Waals surface area contributed by atoms with Gasteiger partial charge in [0.05, 0.1) is 12.7 Å². The summed E-state index contributed by atoms with van der Waals surface area (Å²) in [5.41, 5.74) is 0. The van der Waals surface area contributed by atoms with E-state index in [1.54, 1.807) is 0 Å². The number of hydrogen-bond donors (Lipinski definition) is 1. The average Bonchev–Trinajstić information content (AvgIpc) is 1.80. The van der Waals surface area contributed by atoms with E-state index >= 15 is 0 Å². The molecule has 0 bridgehead atoms. The minimum Gasteiger partial charge on any atom is -0.450 e. The van der Waals surface area contributed by atoms with Crippen LogP contribution in [0.4, 0.5) is 4.79 Å². The molecule has 9 heavy (non-hydrogen) atoms. The number of hydrogen-bond acceptors (Lipinski definition) is 3. The highest BCUT2D eigenvalue weighted by atomic mass is 16.7. The molecule has 0 amide bonds. The molecular weight excluding hydrogens is 122 g/mol. The highest BCUT2D eigenvalue weighted by Gasteiger charge is 1.93. The first-order valence-corrected chi connectivity index (χ1v) is 2.50. The topological polar surface area (TPSA) is 70.3 Å². The molecule has 0 aromatic heterocycles. The Morgan fingerprint density at radius 2 is 2.44 bits per heavy atom. The van der Waals surface area contributed by atoms with Crippen LogP contribution in [0, 0.1) is 11.3 Å². The van der Waals surface area contributed by atoms with Crippen molar-refractivity contribution < 1.29 is 14.6 Å². The summed E-state index contributed by atoms with van der Waals surface area (Å²) in [6, 6.07) is 1.87. The van der Waals surface area contributed by atoms with Crippen LogP contribution in [0.3, 0.4) is 0 Å². The molecule has 0 radical (unpaired) electrons. The van der Waals surface area contributed by atoms with E-state index in [4.69, 9.17) is 10.4 Å². The van der Waals surface area contributed by atoms with Crippen LogP contribution < -0.4 is 0 Å². The monoisotopic (exact) mass is 129 g/mol. The molecule has 0 saturated carbocycles. The normalized spacial score (nSPS) is 7.89. The molecule has 4 heteroatoms. The summed E-state index contributed by atoms with van der Waals surface area (Å²) in [4.78, 5) is 9.66. The van der Waals surface area contributed by atoms with Gasteiger partial charge in [-0.25, -0.2) is 4.79 Å². The third-order valence-corrected chi connectivity index (χ3v) is 0.658. The maximum atomic E-state index is 9.66. The fourth-order valence-electron chi connectivity index (χ4n) is 0.311. The maximum absolute atomic E-state index is 9.66. The Balaban J connectivity index is 2.94. The zero-order valence-electron chi connectivity index (χ0n) is 4.83. The molecule has 0 aliphatic carbocycles. The van der Waals surface area contributed by atoms with Gasteiger partial charge in [0.15, 0.2) is 0 Å². The second-order valence-corrected chi connectivity index (χ2v) is 1.38. The van der Waals surface area contributed by atoms with Crippen molar-refractivity contribution in [3.63, 3.8) is 0 Å². The molecule has 0 heterocycles. The van der Waals surface area contributed by atoms with Gasteiger partial charge < -0.3 is 9.84 Å². The molecule has 0 fully saturated rings. The van der Waals surface area contributed by atoms with Crippen molar-refractivity contribution in [3.05, 3.63) is 0 Å². The average molecular weight is 129 g/mol. The Bertz CT molecular complexity index is 127. The van der Waals surface area contributed by atoms with Gasteiger partial charge >= 0.3 is 6.16 Å². The lowest BCUT2D eigenvalue weighted by molar-refractivity contribution is 0.0910. The van der Waals surface area contributed by atoms with E-state index in [0.29, 0.717) is 12.8 Å². The second kappa shape index (κ2) is 4.91. The van der Waals surface area contributed by atoms with Gasteiger partial charge in [-0.05, 0) is 6.42 Å². The molecule has 0 saturated heterocycles. The SMILES string of the molecule is N#CCCCOC(=O)O. The van der Waals surface area contributed by atoms with Crippen LogP contribution in [-0.2, 0) is 4.74 Å².